The molecule has 0 aromatic heterocycles. The van der Waals surface area contributed by atoms with Gasteiger partial charge in [0.1, 0.15) is 5.75 Å². The number of ether oxygens (including phenoxy) is 1. The zero-order valence-corrected chi connectivity index (χ0v) is 26.7. The Hall–Kier alpha value is -2.06. The van der Waals surface area contributed by atoms with Gasteiger partial charge in [-0.25, -0.2) is 0 Å². The van der Waals surface area contributed by atoms with Crippen LogP contribution in [0.25, 0.3) is 12.2 Å². The van der Waals surface area contributed by atoms with Crippen molar-refractivity contribution in [3.8, 4) is 5.75 Å². The molecule has 0 amide bonds. The lowest BCUT2D eigenvalue weighted by Gasteiger charge is -2.28. The quantitative estimate of drug-likeness (QED) is 0.264. The van der Waals surface area contributed by atoms with Crippen LogP contribution in [-0.2, 0) is 0 Å². The summed E-state index contributed by atoms with van der Waals surface area (Å²) in [6, 6.07) is 9.68. The molecule has 0 fully saturated rings. The number of carbonyl (C=O) groups excluding carboxylic acids is 1. The summed E-state index contributed by atoms with van der Waals surface area (Å²) >= 11 is 6.13. The van der Waals surface area contributed by atoms with Crippen LogP contribution >= 0.6 is 11.6 Å². The molecule has 0 aliphatic carbocycles. The summed E-state index contributed by atoms with van der Waals surface area (Å²) in [5.74, 6) is 1.55. The molecule has 0 aliphatic rings. The summed E-state index contributed by atoms with van der Waals surface area (Å²) in [5.41, 5.74) is 5.90. The van der Waals surface area contributed by atoms with Crippen molar-refractivity contribution in [1.82, 2.24) is 0 Å². The first-order valence-corrected chi connectivity index (χ1v) is 14.1. The van der Waals surface area contributed by atoms with Gasteiger partial charge in [0.15, 0.2) is 5.78 Å². The zero-order valence-electron chi connectivity index (χ0n) is 25.9. The summed E-state index contributed by atoms with van der Waals surface area (Å²) in [5, 5.41) is 0.781. The van der Waals surface area contributed by atoms with E-state index in [1.807, 2.05) is 65.0 Å². The Morgan fingerprint density at radius 1 is 0.919 bits per heavy atom. The fraction of sp³-hybridized carbons (Fsp3) is 0.559. The molecule has 2 nitrogen and oxygen atoms in total. The molecule has 3 heteroatoms. The van der Waals surface area contributed by atoms with E-state index in [0.29, 0.717) is 28.6 Å². The maximum absolute atomic E-state index is 11.9. The van der Waals surface area contributed by atoms with Crippen LogP contribution < -0.4 is 4.74 Å². The minimum atomic E-state index is 0.0848. The van der Waals surface area contributed by atoms with E-state index in [9.17, 15) is 4.79 Å². The Morgan fingerprint density at radius 2 is 1.46 bits per heavy atom. The van der Waals surface area contributed by atoms with E-state index in [4.69, 9.17) is 16.3 Å². The molecule has 0 bridgehead atoms. The summed E-state index contributed by atoms with van der Waals surface area (Å²) in [4.78, 5) is 11.9. The Balaban J connectivity index is 0.000000786. The third-order valence-corrected chi connectivity index (χ3v) is 6.18. The molecule has 0 aliphatic heterocycles. The molecule has 0 spiro atoms. The first-order chi connectivity index (χ1) is 17.1. The van der Waals surface area contributed by atoms with Gasteiger partial charge in [0.05, 0.1) is 12.7 Å². The van der Waals surface area contributed by atoms with Crippen LogP contribution in [0.4, 0.5) is 0 Å². The lowest BCUT2D eigenvalue weighted by molar-refractivity contribution is 0.0985. The fourth-order valence-corrected chi connectivity index (χ4v) is 4.78. The molecule has 0 N–H and O–H groups in total. The fourth-order valence-electron chi connectivity index (χ4n) is 4.56. The van der Waals surface area contributed by atoms with E-state index in [-0.39, 0.29) is 5.78 Å². The van der Waals surface area contributed by atoms with Crippen molar-refractivity contribution in [3.05, 3.63) is 63.2 Å². The van der Waals surface area contributed by atoms with Crippen LogP contribution in [0, 0.1) is 30.6 Å². The number of Topliss-reactive ketones (excluding diaryl/α,β-unsaturated/α-hetero) is 1. The number of benzene rings is 2. The molecule has 0 saturated heterocycles. The molecular formula is C34H53ClO2. The van der Waals surface area contributed by atoms with Crippen molar-refractivity contribution in [3.63, 3.8) is 0 Å². The van der Waals surface area contributed by atoms with Gasteiger partial charge < -0.3 is 4.74 Å². The molecule has 0 atom stereocenters. The molecule has 2 aromatic carbocycles. The van der Waals surface area contributed by atoms with E-state index in [2.05, 4.69) is 60.6 Å². The van der Waals surface area contributed by atoms with Gasteiger partial charge in [0.25, 0.3) is 0 Å². The maximum Gasteiger partial charge on any atom is 0.166 e. The highest BCUT2D eigenvalue weighted by Gasteiger charge is 2.20. The van der Waals surface area contributed by atoms with Crippen molar-refractivity contribution in [2.24, 2.45) is 16.7 Å². The van der Waals surface area contributed by atoms with Crippen LogP contribution in [0.15, 0.2) is 30.3 Å². The summed E-state index contributed by atoms with van der Waals surface area (Å²) in [6.45, 7) is 26.2. The van der Waals surface area contributed by atoms with Crippen molar-refractivity contribution in [1.29, 1.82) is 0 Å². The smallest absolute Gasteiger partial charge is 0.166 e. The molecule has 0 unspecified atom stereocenters. The van der Waals surface area contributed by atoms with Gasteiger partial charge >= 0.3 is 0 Å². The highest BCUT2D eigenvalue weighted by Crippen LogP contribution is 2.32. The van der Waals surface area contributed by atoms with Crippen LogP contribution in [-0.4, -0.2) is 12.9 Å². The average molecular weight is 529 g/mol. The Kier molecular flexibility index (Phi) is 15.1. The topological polar surface area (TPSA) is 26.3 Å². The van der Waals surface area contributed by atoms with E-state index in [1.54, 1.807) is 7.11 Å². The average Bonchev–Trinajstić information content (AvgIpc) is 2.79. The molecule has 0 heterocycles. The summed E-state index contributed by atoms with van der Waals surface area (Å²) < 4.78 is 5.35. The lowest BCUT2D eigenvalue weighted by Crippen LogP contribution is -2.16. The van der Waals surface area contributed by atoms with Crippen molar-refractivity contribution >= 4 is 29.5 Å². The number of hydrogen-bond donors (Lipinski definition) is 0. The van der Waals surface area contributed by atoms with Gasteiger partial charge in [-0.05, 0) is 83.9 Å². The normalized spacial score (nSPS) is 11.5. The van der Waals surface area contributed by atoms with Gasteiger partial charge in [-0.1, -0.05) is 105 Å². The molecular weight excluding hydrogens is 476 g/mol. The van der Waals surface area contributed by atoms with Crippen molar-refractivity contribution < 1.29 is 9.53 Å². The first kappa shape index (κ1) is 34.9. The molecule has 0 saturated carbocycles. The second kappa shape index (κ2) is 16.0. The van der Waals surface area contributed by atoms with Gasteiger partial charge in [-0.2, -0.15) is 0 Å². The zero-order chi connectivity index (χ0) is 29.0. The highest BCUT2D eigenvalue weighted by molar-refractivity contribution is 6.31. The Labute approximate surface area is 233 Å². The third-order valence-electron chi connectivity index (χ3n) is 5.77. The number of hydrogen-bond acceptors (Lipinski definition) is 2. The van der Waals surface area contributed by atoms with Crippen LogP contribution in [0.1, 0.15) is 121 Å². The number of carbonyl (C=O) groups is 1. The monoisotopic (exact) mass is 528 g/mol. The molecule has 208 valence electrons. The van der Waals surface area contributed by atoms with Crippen molar-refractivity contribution in [2.45, 2.75) is 102 Å². The van der Waals surface area contributed by atoms with Gasteiger partial charge in [-0.3, -0.25) is 4.79 Å². The SMILES string of the molecule is CC.CC(CC(C)(C)C)CC(C)(C)C.CCC(=O)c1ccc(/C=C/c2cc(C)c(Cl)cc2C)cc1OC. The molecule has 2 aromatic rings. The number of methoxy groups -OCH3 is 1. The minimum absolute atomic E-state index is 0.0848. The second-order valence-corrected chi connectivity index (χ2v) is 12.6. The Bertz CT molecular complexity index is 988. The molecule has 2 rings (SSSR count). The van der Waals surface area contributed by atoms with E-state index < -0.39 is 0 Å². The maximum atomic E-state index is 11.9. The number of rotatable bonds is 7. The van der Waals surface area contributed by atoms with Crippen LogP contribution in [0.3, 0.4) is 0 Å². The van der Waals surface area contributed by atoms with Crippen molar-refractivity contribution in [2.75, 3.05) is 7.11 Å². The molecule has 37 heavy (non-hydrogen) atoms. The third kappa shape index (κ3) is 13.9. The summed E-state index contributed by atoms with van der Waals surface area (Å²) in [7, 11) is 1.59. The largest absolute Gasteiger partial charge is 0.496 e. The first-order valence-electron chi connectivity index (χ1n) is 13.7. The van der Waals surface area contributed by atoms with E-state index in [0.717, 1.165) is 33.2 Å². The predicted molar refractivity (Wildman–Crippen MR) is 166 cm³/mol. The van der Waals surface area contributed by atoms with Gasteiger partial charge in [-0.15, -0.1) is 0 Å². The predicted octanol–water partition coefficient (Wildman–Crippen LogP) is 11.2. The van der Waals surface area contributed by atoms with Gasteiger partial charge in [0, 0.05) is 11.4 Å². The number of aryl methyl sites for hydroxylation is 2. The second-order valence-electron chi connectivity index (χ2n) is 12.2. The minimum Gasteiger partial charge on any atom is -0.496 e. The molecule has 0 radical (unpaired) electrons. The number of halogens is 1. The van der Waals surface area contributed by atoms with Gasteiger partial charge in [0.2, 0.25) is 0 Å². The van der Waals surface area contributed by atoms with E-state index >= 15 is 0 Å². The van der Waals surface area contributed by atoms with E-state index in [1.165, 1.54) is 12.8 Å². The van der Waals surface area contributed by atoms with Crippen LogP contribution in [0.2, 0.25) is 5.02 Å². The summed E-state index contributed by atoms with van der Waals surface area (Å²) in [6.07, 6.45) is 7.20. The number of ketones is 1. The Morgan fingerprint density at radius 3 is 1.92 bits per heavy atom. The van der Waals surface area contributed by atoms with Crippen LogP contribution in [0.5, 0.6) is 5.75 Å². The standard InChI is InChI=1S/C20H21ClO2.C12H26.C2H6/c1-5-19(22)17-9-7-15(12-20(17)23-4)6-8-16-10-14(3)18(21)11-13(16)2;1-10(8-11(2,3)4)9-12(5,6)7;1-2/h6-12H,5H2,1-4H3;10H,8-9H2,1-7H3;1-2H3/b8-6+;;. The lowest BCUT2D eigenvalue weighted by atomic mass is 9.78. The highest BCUT2D eigenvalue weighted by atomic mass is 35.5.